The smallest absolute Gasteiger partial charge is 0.211 e. The van der Waals surface area contributed by atoms with Crippen molar-refractivity contribution >= 4 is 5.78 Å². The molecule has 5 heteroatoms. The number of nitrogens with zero attached hydrogens (tertiary/aromatic N) is 2. The summed E-state index contributed by atoms with van der Waals surface area (Å²) in [6, 6.07) is 5.21. The van der Waals surface area contributed by atoms with Crippen LogP contribution in [0, 0.1) is 5.82 Å². The molecule has 1 saturated heterocycles. The lowest BCUT2D eigenvalue weighted by Gasteiger charge is -2.25. The molecule has 104 valence electrons. The Morgan fingerprint density at radius 3 is 2.90 bits per heavy atom. The van der Waals surface area contributed by atoms with Crippen molar-refractivity contribution in [1.82, 2.24) is 14.9 Å². The minimum absolute atomic E-state index is 0.180. The molecule has 1 aliphatic rings. The van der Waals surface area contributed by atoms with E-state index < -0.39 is 5.82 Å². The van der Waals surface area contributed by atoms with Gasteiger partial charge in [0.05, 0.1) is 11.9 Å². The zero-order chi connectivity index (χ0) is 13.9. The molecule has 0 atom stereocenters. The van der Waals surface area contributed by atoms with E-state index in [9.17, 15) is 9.18 Å². The van der Waals surface area contributed by atoms with Gasteiger partial charge in [0, 0.05) is 24.0 Å². The first-order valence-corrected chi connectivity index (χ1v) is 6.78. The number of carbonyl (C=O) groups excluding carboxylic acids is 1. The molecule has 1 aliphatic heterocycles. The van der Waals surface area contributed by atoms with Gasteiger partial charge in [0.1, 0.15) is 5.82 Å². The summed E-state index contributed by atoms with van der Waals surface area (Å²) in [7, 11) is 0. The first kappa shape index (κ1) is 13.0. The molecule has 0 amide bonds. The summed E-state index contributed by atoms with van der Waals surface area (Å²) in [5.41, 5.74) is 0.892. The second-order valence-electron chi connectivity index (χ2n) is 5.00. The number of carbonyl (C=O) groups is 1. The molecular formula is C15H16FN3O. The number of pyridine rings is 1. The monoisotopic (exact) mass is 273 g/mol. The van der Waals surface area contributed by atoms with Gasteiger partial charge in [0.25, 0.3) is 0 Å². The fourth-order valence-corrected chi connectivity index (χ4v) is 2.67. The van der Waals surface area contributed by atoms with E-state index in [1.54, 1.807) is 6.07 Å². The number of nitrogens with one attached hydrogen (secondary N) is 1. The van der Waals surface area contributed by atoms with Crippen molar-refractivity contribution in [3.05, 3.63) is 53.9 Å². The third-order valence-electron chi connectivity index (χ3n) is 3.68. The van der Waals surface area contributed by atoms with Crippen LogP contribution in [0.15, 0.2) is 36.8 Å². The van der Waals surface area contributed by atoms with Crippen molar-refractivity contribution in [1.29, 1.82) is 0 Å². The fraction of sp³-hybridized carbons (Fsp3) is 0.333. The third-order valence-corrected chi connectivity index (χ3v) is 3.68. The molecule has 0 aliphatic carbocycles. The Morgan fingerprint density at radius 2 is 2.15 bits per heavy atom. The molecule has 3 heterocycles. The number of rotatable bonds is 3. The lowest BCUT2D eigenvalue weighted by atomic mass is 10.0. The Balaban J connectivity index is 1.90. The average Bonchev–Trinajstić information content (AvgIpc) is 2.97. The molecule has 2 aromatic rings. The van der Waals surface area contributed by atoms with E-state index in [-0.39, 0.29) is 5.78 Å². The highest BCUT2D eigenvalue weighted by Gasteiger charge is 2.21. The van der Waals surface area contributed by atoms with Crippen molar-refractivity contribution in [3.8, 4) is 0 Å². The van der Waals surface area contributed by atoms with Crippen LogP contribution in [0.4, 0.5) is 4.39 Å². The molecule has 3 rings (SSSR count). The maximum atomic E-state index is 13.2. The topological polar surface area (TPSA) is 46.9 Å². The van der Waals surface area contributed by atoms with Gasteiger partial charge in [-0.05, 0) is 44.1 Å². The Bertz CT molecular complexity index is 617. The maximum absolute atomic E-state index is 13.2. The summed E-state index contributed by atoms with van der Waals surface area (Å²) in [5, 5.41) is 3.31. The number of halogens is 1. The molecule has 4 nitrogen and oxygen atoms in total. The quantitative estimate of drug-likeness (QED) is 0.872. The summed E-state index contributed by atoms with van der Waals surface area (Å²) in [4.78, 5) is 16.2. The largest absolute Gasteiger partial charge is 0.342 e. The maximum Gasteiger partial charge on any atom is 0.211 e. The van der Waals surface area contributed by atoms with Crippen LogP contribution in [-0.2, 0) is 0 Å². The lowest BCUT2D eigenvalue weighted by Crippen LogP contribution is -2.30. The minimum atomic E-state index is -0.490. The highest BCUT2D eigenvalue weighted by Crippen LogP contribution is 2.22. The van der Waals surface area contributed by atoms with Crippen molar-refractivity contribution in [3.63, 3.8) is 0 Å². The van der Waals surface area contributed by atoms with E-state index in [0.29, 0.717) is 17.3 Å². The van der Waals surface area contributed by atoms with Crippen molar-refractivity contribution in [2.24, 2.45) is 0 Å². The Hall–Kier alpha value is -2.01. The van der Waals surface area contributed by atoms with E-state index >= 15 is 0 Å². The van der Waals surface area contributed by atoms with E-state index in [4.69, 9.17) is 0 Å². The predicted molar refractivity (Wildman–Crippen MR) is 73.2 cm³/mol. The van der Waals surface area contributed by atoms with Crippen molar-refractivity contribution < 1.29 is 9.18 Å². The highest BCUT2D eigenvalue weighted by molar-refractivity contribution is 6.07. The number of aromatic nitrogens is 2. The van der Waals surface area contributed by atoms with Crippen LogP contribution in [0.3, 0.4) is 0 Å². The third kappa shape index (κ3) is 2.49. The van der Waals surface area contributed by atoms with Crippen LogP contribution in [0.2, 0.25) is 0 Å². The van der Waals surface area contributed by atoms with Gasteiger partial charge in [-0.3, -0.25) is 9.78 Å². The first-order chi connectivity index (χ1) is 9.75. The molecule has 1 N–H and O–H groups in total. The lowest BCUT2D eigenvalue weighted by molar-refractivity contribution is 0.102. The summed E-state index contributed by atoms with van der Waals surface area (Å²) in [6.45, 7) is 1.91. The van der Waals surface area contributed by atoms with Crippen LogP contribution in [0.25, 0.3) is 0 Å². The number of piperidine rings is 1. The van der Waals surface area contributed by atoms with E-state index in [0.717, 1.165) is 32.1 Å². The Kier molecular flexibility index (Phi) is 3.60. The van der Waals surface area contributed by atoms with Gasteiger partial charge < -0.3 is 9.88 Å². The van der Waals surface area contributed by atoms with E-state index in [1.165, 1.54) is 12.3 Å². The van der Waals surface area contributed by atoms with Crippen LogP contribution in [0.1, 0.15) is 34.9 Å². The second-order valence-corrected chi connectivity index (χ2v) is 5.00. The number of hydrogen-bond donors (Lipinski definition) is 1. The van der Waals surface area contributed by atoms with Gasteiger partial charge in [-0.2, -0.15) is 0 Å². The normalized spacial score (nSPS) is 16.2. The second kappa shape index (κ2) is 5.54. The first-order valence-electron chi connectivity index (χ1n) is 6.78. The van der Waals surface area contributed by atoms with Gasteiger partial charge in [-0.1, -0.05) is 0 Å². The molecule has 20 heavy (non-hydrogen) atoms. The summed E-state index contributed by atoms with van der Waals surface area (Å²) >= 11 is 0. The molecule has 0 aromatic carbocycles. The Morgan fingerprint density at radius 1 is 1.35 bits per heavy atom. The molecule has 0 radical (unpaired) electrons. The van der Waals surface area contributed by atoms with E-state index in [1.807, 2.05) is 16.8 Å². The zero-order valence-corrected chi connectivity index (χ0v) is 11.1. The predicted octanol–water partition coefficient (Wildman–Crippen LogP) is 2.18. The minimum Gasteiger partial charge on any atom is -0.342 e. The average molecular weight is 273 g/mol. The van der Waals surface area contributed by atoms with Gasteiger partial charge in [-0.15, -0.1) is 0 Å². The van der Waals surface area contributed by atoms with Gasteiger partial charge in [-0.25, -0.2) is 4.39 Å². The zero-order valence-electron chi connectivity index (χ0n) is 11.1. The van der Waals surface area contributed by atoms with Crippen LogP contribution < -0.4 is 5.32 Å². The highest BCUT2D eigenvalue weighted by atomic mass is 19.1. The van der Waals surface area contributed by atoms with E-state index in [2.05, 4.69) is 10.3 Å². The molecule has 0 spiro atoms. The van der Waals surface area contributed by atoms with Crippen LogP contribution >= 0.6 is 0 Å². The molecule has 0 bridgehead atoms. The molecule has 1 fully saturated rings. The summed E-state index contributed by atoms with van der Waals surface area (Å²) < 4.78 is 15.2. The van der Waals surface area contributed by atoms with Gasteiger partial charge in [0.15, 0.2) is 0 Å². The number of hydrogen-bond acceptors (Lipinski definition) is 3. The molecule has 2 aromatic heterocycles. The SMILES string of the molecule is O=C(c1cncc(F)c1)c1cccn1C1CCNCC1. The number of ketones is 1. The Labute approximate surface area is 116 Å². The van der Waals surface area contributed by atoms with Crippen molar-refractivity contribution in [2.75, 3.05) is 13.1 Å². The van der Waals surface area contributed by atoms with Crippen molar-refractivity contribution in [2.45, 2.75) is 18.9 Å². The standard InChI is InChI=1S/C15H16FN3O/c16-12-8-11(9-18-10-12)15(20)14-2-1-7-19(14)13-3-5-17-6-4-13/h1-2,7-10,13,17H,3-6H2. The van der Waals surface area contributed by atoms with Crippen LogP contribution in [0.5, 0.6) is 0 Å². The fourth-order valence-electron chi connectivity index (χ4n) is 2.67. The summed E-state index contributed by atoms with van der Waals surface area (Å²) in [5.74, 6) is -0.670. The molecule has 0 saturated carbocycles. The van der Waals surface area contributed by atoms with Gasteiger partial charge >= 0.3 is 0 Å². The van der Waals surface area contributed by atoms with Gasteiger partial charge in [0.2, 0.25) is 5.78 Å². The summed E-state index contributed by atoms with van der Waals surface area (Å²) in [6.07, 6.45) is 6.43. The molecule has 0 unspecified atom stereocenters. The van der Waals surface area contributed by atoms with Crippen LogP contribution in [-0.4, -0.2) is 28.4 Å². The molecular weight excluding hydrogens is 257 g/mol.